The second kappa shape index (κ2) is 11.8. The number of aliphatic imine (C=N–C) groups is 1. The molecule has 0 aromatic carbocycles. The van der Waals surface area contributed by atoms with Crippen molar-refractivity contribution >= 4 is 5.96 Å². The van der Waals surface area contributed by atoms with E-state index >= 15 is 0 Å². The van der Waals surface area contributed by atoms with Gasteiger partial charge < -0.3 is 24.8 Å². The summed E-state index contributed by atoms with van der Waals surface area (Å²) < 4.78 is 7.12. The quantitative estimate of drug-likeness (QED) is 0.338. The van der Waals surface area contributed by atoms with Gasteiger partial charge in [0.2, 0.25) is 0 Å². The Balaban J connectivity index is 2.17. The lowest BCUT2D eigenvalue weighted by Crippen LogP contribution is -2.42. The van der Waals surface area contributed by atoms with Crippen molar-refractivity contribution in [3.8, 4) is 0 Å². The molecule has 0 bridgehead atoms. The standard InChI is InChI=1S/C15H31N7O/c1-5-14-20-19-13-22(14)11-8-18-15(16-2)17-7-10-21(3)9-6-12-23-4/h13H,5-12H2,1-4H3,(H2,16,17,18). The minimum atomic E-state index is 0.786. The third-order valence-corrected chi connectivity index (χ3v) is 3.55. The molecule has 1 heterocycles. The van der Waals surface area contributed by atoms with Crippen LogP contribution < -0.4 is 10.6 Å². The van der Waals surface area contributed by atoms with Gasteiger partial charge in [-0.15, -0.1) is 10.2 Å². The van der Waals surface area contributed by atoms with Crippen molar-refractivity contribution in [1.29, 1.82) is 0 Å². The van der Waals surface area contributed by atoms with Gasteiger partial charge in [-0.3, -0.25) is 4.99 Å². The number of hydrogen-bond donors (Lipinski definition) is 2. The number of guanidine groups is 1. The smallest absolute Gasteiger partial charge is 0.191 e. The molecule has 1 aromatic heterocycles. The molecule has 0 aliphatic rings. The highest BCUT2D eigenvalue weighted by molar-refractivity contribution is 5.79. The summed E-state index contributed by atoms with van der Waals surface area (Å²) in [7, 11) is 5.64. The molecule has 0 radical (unpaired) electrons. The first-order chi connectivity index (χ1) is 11.2. The molecule has 0 saturated carbocycles. The second-order valence-corrected chi connectivity index (χ2v) is 5.37. The summed E-state index contributed by atoms with van der Waals surface area (Å²) in [6.45, 7) is 7.37. The van der Waals surface area contributed by atoms with Gasteiger partial charge in [-0.05, 0) is 13.5 Å². The summed E-state index contributed by atoms with van der Waals surface area (Å²) in [5.74, 6) is 1.83. The molecule has 0 unspecified atom stereocenters. The number of hydrogen-bond acceptors (Lipinski definition) is 5. The number of rotatable bonds is 11. The summed E-state index contributed by atoms with van der Waals surface area (Å²) >= 11 is 0. The maximum Gasteiger partial charge on any atom is 0.191 e. The predicted octanol–water partition coefficient (Wildman–Crippen LogP) is -0.0262. The van der Waals surface area contributed by atoms with E-state index in [1.807, 2.05) is 0 Å². The summed E-state index contributed by atoms with van der Waals surface area (Å²) in [5.41, 5.74) is 0. The van der Waals surface area contributed by atoms with Crippen LogP contribution in [0, 0.1) is 0 Å². The number of nitrogens with zero attached hydrogens (tertiary/aromatic N) is 5. The Morgan fingerprint density at radius 2 is 2.13 bits per heavy atom. The normalized spacial score (nSPS) is 12.0. The van der Waals surface area contributed by atoms with E-state index in [1.54, 1.807) is 20.5 Å². The molecule has 0 spiro atoms. The third-order valence-electron chi connectivity index (χ3n) is 3.55. The van der Waals surface area contributed by atoms with E-state index in [4.69, 9.17) is 4.74 Å². The Labute approximate surface area is 139 Å². The van der Waals surface area contributed by atoms with Crippen LogP contribution in [0.3, 0.4) is 0 Å². The molecule has 23 heavy (non-hydrogen) atoms. The van der Waals surface area contributed by atoms with Gasteiger partial charge in [-0.2, -0.15) is 0 Å². The van der Waals surface area contributed by atoms with Crippen LogP contribution in [0.4, 0.5) is 0 Å². The molecule has 0 amide bonds. The van der Waals surface area contributed by atoms with Gasteiger partial charge in [0.25, 0.3) is 0 Å². The van der Waals surface area contributed by atoms with Gasteiger partial charge in [0, 0.05) is 59.9 Å². The van der Waals surface area contributed by atoms with Crippen molar-refractivity contribution < 1.29 is 4.74 Å². The number of methoxy groups -OCH3 is 1. The van der Waals surface area contributed by atoms with Crippen molar-refractivity contribution in [3.63, 3.8) is 0 Å². The van der Waals surface area contributed by atoms with Crippen molar-refractivity contribution in [1.82, 2.24) is 30.3 Å². The molecule has 8 nitrogen and oxygen atoms in total. The minimum Gasteiger partial charge on any atom is -0.385 e. The van der Waals surface area contributed by atoms with E-state index in [0.29, 0.717) is 0 Å². The largest absolute Gasteiger partial charge is 0.385 e. The molecule has 0 aliphatic heterocycles. The molecule has 0 fully saturated rings. The average Bonchev–Trinajstić information content (AvgIpc) is 3.01. The second-order valence-electron chi connectivity index (χ2n) is 5.37. The van der Waals surface area contributed by atoms with Gasteiger partial charge in [-0.1, -0.05) is 6.92 Å². The van der Waals surface area contributed by atoms with Gasteiger partial charge in [0.15, 0.2) is 5.96 Å². The SMILES string of the molecule is CCc1nncn1CCNC(=NC)NCCN(C)CCCOC. The molecule has 0 saturated heterocycles. The van der Waals surface area contributed by atoms with E-state index in [-0.39, 0.29) is 0 Å². The minimum absolute atomic E-state index is 0.786. The lowest BCUT2D eigenvalue weighted by atomic mass is 10.4. The third kappa shape index (κ3) is 7.94. The fourth-order valence-corrected chi connectivity index (χ4v) is 2.21. The monoisotopic (exact) mass is 325 g/mol. The van der Waals surface area contributed by atoms with E-state index < -0.39 is 0 Å². The summed E-state index contributed by atoms with van der Waals surface area (Å²) in [6, 6.07) is 0. The highest BCUT2D eigenvalue weighted by Gasteiger charge is 2.03. The number of aryl methyl sites for hydroxylation is 1. The molecule has 2 N–H and O–H groups in total. The average molecular weight is 325 g/mol. The lowest BCUT2D eigenvalue weighted by Gasteiger charge is -2.18. The number of likely N-dealkylation sites (N-methyl/N-ethyl adjacent to an activating group) is 1. The molecule has 0 atom stereocenters. The molecule has 132 valence electrons. The zero-order valence-corrected chi connectivity index (χ0v) is 14.9. The molecule has 8 heteroatoms. The Bertz CT molecular complexity index is 447. The first-order valence-corrected chi connectivity index (χ1v) is 8.20. The fraction of sp³-hybridized carbons (Fsp3) is 0.800. The maximum absolute atomic E-state index is 5.06. The zero-order chi connectivity index (χ0) is 16.9. The Morgan fingerprint density at radius 1 is 1.35 bits per heavy atom. The number of aromatic nitrogens is 3. The Hall–Kier alpha value is -1.67. The first kappa shape index (κ1) is 19.4. The van der Waals surface area contributed by atoms with Crippen LogP contribution in [0.1, 0.15) is 19.2 Å². The van der Waals surface area contributed by atoms with Crippen LogP contribution in [0.15, 0.2) is 11.3 Å². The highest BCUT2D eigenvalue weighted by atomic mass is 16.5. The van der Waals surface area contributed by atoms with E-state index in [2.05, 4.69) is 49.3 Å². The van der Waals surface area contributed by atoms with Crippen molar-refractivity contribution in [3.05, 3.63) is 12.2 Å². The number of nitrogens with one attached hydrogen (secondary N) is 2. The number of ether oxygens (including phenoxy) is 1. The molecule has 0 aliphatic carbocycles. The van der Waals surface area contributed by atoms with Crippen LogP contribution in [-0.4, -0.2) is 79.6 Å². The van der Waals surface area contributed by atoms with E-state index in [1.165, 1.54) is 0 Å². The van der Waals surface area contributed by atoms with E-state index in [9.17, 15) is 0 Å². The Kier molecular flexibility index (Phi) is 9.97. The Morgan fingerprint density at radius 3 is 2.83 bits per heavy atom. The molecular weight excluding hydrogens is 294 g/mol. The highest BCUT2D eigenvalue weighted by Crippen LogP contribution is 1.94. The van der Waals surface area contributed by atoms with Gasteiger partial charge in [-0.25, -0.2) is 0 Å². The van der Waals surface area contributed by atoms with Crippen LogP contribution in [-0.2, 0) is 17.7 Å². The van der Waals surface area contributed by atoms with E-state index in [0.717, 1.165) is 64.0 Å². The predicted molar refractivity (Wildman–Crippen MR) is 92.8 cm³/mol. The summed E-state index contributed by atoms with van der Waals surface area (Å²) in [6.07, 6.45) is 3.72. The summed E-state index contributed by atoms with van der Waals surface area (Å²) in [5, 5.41) is 14.6. The maximum atomic E-state index is 5.06. The van der Waals surface area contributed by atoms with Crippen LogP contribution >= 0.6 is 0 Å². The molecule has 1 rings (SSSR count). The van der Waals surface area contributed by atoms with Crippen molar-refractivity contribution in [2.24, 2.45) is 4.99 Å². The van der Waals surface area contributed by atoms with Gasteiger partial charge in [0.05, 0.1) is 0 Å². The van der Waals surface area contributed by atoms with Gasteiger partial charge >= 0.3 is 0 Å². The van der Waals surface area contributed by atoms with Crippen LogP contribution in [0.25, 0.3) is 0 Å². The van der Waals surface area contributed by atoms with Crippen molar-refractivity contribution in [2.45, 2.75) is 26.3 Å². The molecule has 1 aromatic rings. The fourth-order valence-electron chi connectivity index (χ4n) is 2.21. The molecular formula is C15H31N7O. The zero-order valence-electron chi connectivity index (χ0n) is 14.9. The lowest BCUT2D eigenvalue weighted by molar-refractivity contribution is 0.180. The summed E-state index contributed by atoms with van der Waals surface area (Å²) in [4.78, 5) is 6.52. The van der Waals surface area contributed by atoms with Crippen LogP contribution in [0.2, 0.25) is 0 Å². The topological polar surface area (TPSA) is 79.6 Å². The first-order valence-electron chi connectivity index (χ1n) is 8.20. The van der Waals surface area contributed by atoms with Crippen LogP contribution in [0.5, 0.6) is 0 Å². The van der Waals surface area contributed by atoms with Crippen molar-refractivity contribution in [2.75, 3.05) is 54.0 Å². The van der Waals surface area contributed by atoms with Gasteiger partial charge in [0.1, 0.15) is 12.2 Å².